The lowest BCUT2D eigenvalue weighted by molar-refractivity contribution is 0.829. The van der Waals surface area contributed by atoms with Gasteiger partial charge in [-0.25, -0.2) is 0 Å². The van der Waals surface area contributed by atoms with Gasteiger partial charge in [-0.3, -0.25) is 9.97 Å². The van der Waals surface area contributed by atoms with Gasteiger partial charge >= 0.3 is 0 Å². The van der Waals surface area contributed by atoms with Crippen molar-refractivity contribution in [2.24, 2.45) is 5.73 Å². The van der Waals surface area contributed by atoms with E-state index in [0.717, 1.165) is 26.5 Å². The number of aromatic nitrogens is 2. The predicted octanol–water partition coefficient (Wildman–Crippen LogP) is 3.44. The first kappa shape index (κ1) is 12.3. The first-order valence-corrected chi connectivity index (χ1v) is 6.75. The molecule has 0 saturated carbocycles. The van der Waals surface area contributed by atoms with E-state index in [-0.39, 0.29) is 6.04 Å². The Morgan fingerprint density at radius 1 is 1.05 bits per heavy atom. The molecule has 19 heavy (non-hydrogen) atoms. The molecule has 0 radical (unpaired) electrons. The maximum atomic E-state index is 6.36. The number of nitrogens with two attached hydrogens (primary N) is 1. The van der Waals surface area contributed by atoms with Crippen molar-refractivity contribution < 1.29 is 0 Å². The standard InChI is InChI=1S/C15H12BrN3/c16-13-5-2-7-19-15(13)14(17)11-4-1-3-10-6-8-18-9-12(10)11/h1-9,14H,17H2. The zero-order valence-corrected chi connectivity index (χ0v) is 11.7. The van der Waals surface area contributed by atoms with Gasteiger partial charge in [-0.1, -0.05) is 18.2 Å². The number of rotatable bonds is 2. The Bertz CT molecular complexity index is 722. The Kier molecular flexibility index (Phi) is 3.27. The van der Waals surface area contributed by atoms with E-state index in [1.807, 2.05) is 36.5 Å². The minimum atomic E-state index is -0.275. The van der Waals surface area contributed by atoms with Crippen molar-refractivity contribution in [2.45, 2.75) is 6.04 Å². The Morgan fingerprint density at radius 2 is 1.95 bits per heavy atom. The van der Waals surface area contributed by atoms with Crippen LogP contribution in [0.15, 0.2) is 59.5 Å². The molecule has 0 fully saturated rings. The molecule has 0 bridgehead atoms. The molecule has 94 valence electrons. The minimum absolute atomic E-state index is 0.275. The van der Waals surface area contributed by atoms with Gasteiger partial charge in [-0.2, -0.15) is 0 Å². The normalized spacial score (nSPS) is 12.5. The summed E-state index contributed by atoms with van der Waals surface area (Å²) in [6.07, 6.45) is 5.39. The molecule has 1 atom stereocenters. The zero-order chi connectivity index (χ0) is 13.2. The summed E-state index contributed by atoms with van der Waals surface area (Å²) in [4.78, 5) is 8.55. The van der Waals surface area contributed by atoms with E-state index in [4.69, 9.17) is 5.73 Å². The van der Waals surface area contributed by atoms with Gasteiger partial charge < -0.3 is 5.73 Å². The highest BCUT2D eigenvalue weighted by molar-refractivity contribution is 9.10. The van der Waals surface area contributed by atoms with Crippen molar-refractivity contribution >= 4 is 26.7 Å². The fourth-order valence-electron chi connectivity index (χ4n) is 2.18. The monoisotopic (exact) mass is 313 g/mol. The van der Waals surface area contributed by atoms with Crippen molar-refractivity contribution in [2.75, 3.05) is 0 Å². The number of nitrogens with zero attached hydrogens (tertiary/aromatic N) is 2. The summed E-state index contributed by atoms with van der Waals surface area (Å²) in [5.41, 5.74) is 8.23. The highest BCUT2D eigenvalue weighted by Gasteiger charge is 2.15. The second-order valence-corrected chi connectivity index (χ2v) is 5.15. The highest BCUT2D eigenvalue weighted by Crippen LogP contribution is 2.29. The molecule has 1 unspecified atom stereocenters. The molecular formula is C15H12BrN3. The quantitative estimate of drug-likeness (QED) is 0.788. The molecule has 3 nitrogen and oxygen atoms in total. The number of pyridine rings is 2. The van der Waals surface area contributed by atoms with Crippen molar-refractivity contribution in [3.05, 3.63) is 70.7 Å². The lowest BCUT2D eigenvalue weighted by Gasteiger charge is -2.15. The summed E-state index contributed by atoms with van der Waals surface area (Å²) in [6, 6.07) is 11.6. The summed E-state index contributed by atoms with van der Waals surface area (Å²) in [7, 11) is 0. The van der Waals surface area contributed by atoms with E-state index < -0.39 is 0 Å². The van der Waals surface area contributed by atoms with Gasteiger partial charge in [0.15, 0.2) is 0 Å². The minimum Gasteiger partial charge on any atom is -0.319 e. The predicted molar refractivity (Wildman–Crippen MR) is 79.7 cm³/mol. The van der Waals surface area contributed by atoms with E-state index in [1.54, 1.807) is 12.4 Å². The molecule has 4 heteroatoms. The average molecular weight is 314 g/mol. The van der Waals surface area contributed by atoms with Crippen LogP contribution in [0.2, 0.25) is 0 Å². The van der Waals surface area contributed by atoms with Crippen LogP contribution >= 0.6 is 15.9 Å². The molecule has 0 aliphatic rings. The van der Waals surface area contributed by atoms with Crippen LogP contribution in [-0.4, -0.2) is 9.97 Å². The molecule has 2 aromatic heterocycles. The van der Waals surface area contributed by atoms with Crippen LogP contribution in [0.25, 0.3) is 10.8 Å². The van der Waals surface area contributed by atoms with Crippen LogP contribution in [-0.2, 0) is 0 Å². The first-order valence-electron chi connectivity index (χ1n) is 5.96. The summed E-state index contributed by atoms with van der Waals surface area (Å²) in [5, 5.41) is 2.20. The lowest BCUT2D eigenvalue weighted by Crippen LogP contribution is -2.14. The van der Waals surface area contributed by atoms with Crippen molar-refractivity contribution in [3.8, 4) is 0 Å². The fourth-order valence-corrected chi connectivity index (χ4v) is 2.68. The maximum absolute atomic E-state index is 6.36. The molecule has 0 aliphatic carbocycles. The Labute approximate surface area is 119 Å². The molecule has 2 N–H and O–H groups in total. The summed E-state index contributed by atoms with van der Waals surface area (Å²) >= 11 is 3.50. The van der Waals surface area contributed by atoms with Crippen LogP contribution in [0, 0.1) is 0 Å². The number of fused-ring (bicyclic) bond motifs is 1. The van der Waals surface area contributed by atoms with Crippen LogP contribution in [0.1, 0.15) is 17.3 Å². The van der Waals surface area contributed by atoms with Crippen LogP contribution in [0.5, 0.6) is 0 Å². The zero-order valence-electron chi connectivity index (χ0n) is 10.1. The number of benzene rings is 1. The molecule has 3 rings (SSSR count). The highest BCUT2D eigenvalue weighted by atomic mass is 79.9. The van der Waals surface area contributed by atoms with Gasteiger partial charge in [0, 0.05) is 28.4 Å². The lowest BCUT2D eigenvalue weighted by atomic mass is 9.98. The van der Waals surface area contributed by atoms with Gasteiger partial charge in [0.2, 0.25) is 0 Å². The van der Waals surface area contributed by atoms with Crippen molar-refractivity contribution in [1.29, 1.82) is 0 Å². The van der Waals surface area contributed by atoms with Crippen molar-refractivity contribution in [3.63, 3.8) is 0 Å². The molecule has 1 aromatic carbocycles. The number of hydrogen-bond donors (Lipinski definition) is 1. The molecule has 3 aromatic rings. The second-order valence-electron chi connectivity index (χ2n) is 4.29. The van der Waals surface area contributed by atoms with Gasteiger partial charge in [-0.05, 0) is 45.1 Å². The van der Waals surface area contributed by atoms with Gasteiger partial charge in [-0.15, -0.1) is 0 Å². The van der Waals surface area contributed by atoms with E-state index in [0.29, 0.717) is 0 Å². The van der Waals surface area contributed by atoms with Gasteiger partial charge in [0.1, 0.15) is 0 Å². The summed E-state index contributed by atoms with van der Waals surface area (Å²) in [6.45, 7) is 0. The first-order chi connectivity index (χ1) is 9.27. The third-order valence-electron chi connectivity index (χ3n) is 3.13. The van der Waals surface area contributed by atoms with E-state index >= 15 is 0 Å². The van der Waals surface area contributed by atoms with E-state index in [1.165, 1.54) is 0 Å². The Balaban J connectivity index is 2.17. The maximum Gasteiger partial charge on any atom is 0.0758 e. The van der Waals surface area contributed by atoms with E-state index in [2.05, 4.69) is 32.0 Å². The van der Waals surface area contributed by atoms with Crippen LogP contribution in [0.4, 0.5) is 0 Å². The summed E-state index contributed by atoms with van der Waals surface area (Å²) < 4.78 is 0.920. The fraction of sp³-hybridized carbons (Fsp3) is 0.0667. The molecule has 0 saturated heterocycles. The van der Waals surface area contributed by atoms with Crippen molar-refractivity contribution in [1.82, 2.24) is 9.97 Å². The van der Waals surface area contributed by atoms with E-state index in [9.17, 15) is 0 Å². The van der Waals surface area contributed by atoms with Crippen LogP contribution in [0.3, 0.4) is 0 Å². The number of halogens is 1. The Hall–Kier alpha value is -1.78. The average Bonchev–Trinajstić information content (AvgIpc) is 2.46. The Morgan fingerprint density at radius 3 is 2.79 bits per heavy atom. The molecular weight excluding hydrogens is 302 g/mol. The molecule has 0 aliphatic heterocycles. The third-order valence-corrected chi connectivity index (χ3v) is 3.80. The topological polar surface area (TPSA) is 51.8 Å². The van der Waals surface area contributed by atoms with Crippen LogP contribution < -0.4 is 5.73 Å². The molecule has 2 heterocycles. The number of hydrogen-bond acceptors (Lipinski definition) is 3. The third kappa shape index (κ3) is 2.25. The molecule has 0 spiro atoms. The summed E-state index contributed by atoms with van der Waals surface area (Å²) in [5.74, 6) is 0. The molecule has 0 amide bonds. The SMILES string of the molecule is NC(c1ncccc1Br)c1cccc2ccncc12. The smallest absolute Gasteiger partial charge is 0.0758 e. The largest absolute Gasteiger partial charge is 0.319 e. The second kappa shape index (κ2) is 5.07. The van der Waals surface area contributed by atoms with Gasteiger partial charge in [0.25, 0.3) is 0 Å². The van der Waals surface area contributed by atoms with Gasteiger partial charge in [0.05, 0.1) is 11.7 Å².